The Morgan fingerprint density at radius 1 is 1.06 bits per heavy atom. The second-order valence-electron chi connectivity index (χ2n) is 7.65. The van der Waals surface area contributed by atoms with Gasteiger partial charge in [0.25, 0.3) is 5.56 Å². The molecule has 1 aliphatic rings. The molecule has 9 nitrogen and oxygen atoms in total. The molecule has 10 heteroatoms. The monoisotopic (exact) mass is 479 g/mol. The zero-order valence-corrected chi connectivity index (χ0v) is 19.1. The van der Waals surface area contributed by atoms with E-state index in [4.69, 9.17) is 14.2 Å². The van der Waals surface area contributed by atoms with Crippen molar-refractivity contribution in [2.75, 3.05) is 25.6 Å². The largest absolute Gasteiger partial charge is 0.497 e. The minimum absolute atomic E-state index is 0.0620. The van der Waals surface area contributed by atoms with Crippen LogP contribution in [0.2, 0.25) is 0 Å². The van der Waals surface area contributed by atoms with Crippen molar-refractivity contribution in [3.63, 3.8) is 0 Å². The predicted molar refractivity (Wildman–Crippen MR) is 129 cm³/mol. The minimum Gasteiger partial charge on any atom is -0.497 e. The SMILES string of the molecule is COc1cccc(Cn2c(=O)c3sccc3n(CC(=O)Nc3ccc4c(c3)OCCO4)c2=O)c1. The van der Waals surface area contributed by atoms with Gasteiger partial charge in [-0.25, -0.2) is 4.79 Å². The maximum atomic E-state index is 13.3. The summed E-state index contributed by atoms with van der Waals surface area (Å²) in [4.78, 5) is 39.2. The van der Waals surface area contributed by atoms with Crippen molar-refractivity contribution in [3.05, 3.63) is 80.3 Å². The average Bonchev–Trinajstić information content (AvgIpc) is 3.35. The van der Waals surface area contributed by atoms with Gasteiger partial charge < -0.3 is 19.5 Å². The molecule has 0 saturated heterocycles. The van der Waals surface area contributed by atoms with Crippen LogP contribution in [0, 0.1) is 0 Å². The van der Waals surface area contributed by atoms with Crippen LogP contribution in [-0.2, 0) is 17.9 Å². The summed E-state index contributed by atoms with van der Waals surface area (Å²) in [5.74, 6) is 1.39. The second-order valence-corrected chi connectivity index (χ2v) is 8.57. The lowest BCUT2D eigenvalue weighted by molar-refractivity contribution is -0.116. The molecule has 0 unspecified atom stereocenters. The van der Waals surface area contributed by atoms with Crippen LogP contribution in [0.5, 0.6) is 17.2 Å². The fourth-order valence-corrected chi connectivity index (χ4v) is 4.69. The number of hydrogen-bond donors (Lipinski definition) is 1. The number of carbonyl (C=O) groups excluding carboxylic acids is 1. The summed E-state index contributed by atoms with van der Waals surface area (Å²) in [6.45, 7) is 0.722. The molecule has 0 atom stereocenters. The normalized spacial score (nSPS) is 12.5. The van der Waals surface area contributed by atoms with Crippen LogP contribution in [-0.4, -0.2) is 35.4 Å². The molecule has 4 aromatic rings. The van der Waals surface area contributed by atoms with E-state index in [9.17, 15) is 14.4 Å². The number of carbonyl (C=O) groups is 1. The van der Waals surface area contributed by atoms with Crippen LogP contribution in [0.3, 0.4) is 0 Å². The first-order chi connectivity index (χ1) is 16.5. The Bertz CT molecular complexity index is 1500. The van der Waals surface area contributed by atoms with Crippen molar-refractivity contribution in [2.24, 2.45) is 0 Å². The van der Waals surface area contributed by atoms with Crippen molar-refractivity contribution < 1.29 is 19.0 Å². The van der Waals surface area contributed by atoms with Crippen molar-refractivity contribution in [1.29, 1.82) is 0 Å². The highest BCUT2D eigenvalue weighted by Gasteiger charge is 2.18. The van der Waals surface area contributed by atoms with E-state index in [0.29, 0.717) is 46.4 Å². The van der Waals surface area contributed by atoms with Crippen molar-refractivity contribution in [2.45, 2.75) is 13.1 Å². The maximum absolute atomic E-state index is 13.3. The van der Waals surface area contributed by atoms with Crippen LogP contribution < -0.4 is 30.8 Å². The van der Waals surface area contributed by atoms with E-state index >= 15 is 0 Å². The van der Waals surface area contributed by atoms with Gasteiger partial charge in [-0.3, -0.25) is 18.7 Å². The van der Waals surface area contributed by atoms with Gasteiger partial charge in [-0.15, -0.1) is 11.3 Å². The molecule has 2 aromatic carbocycles. The first-order valence-electron chi connectivity index (χ1n) is 10.6. The lowest BCUT2D eigenvalue weighted by atomic mass is 10.2. The van der Waals surface area contributed by atoms with Gasteiger partial charge in [0.1, 0.15) is 30.2 Å². The molecule has 2 aromatic heterocycles. The fraction of sp³-hybridized carbons (Fsp3) is 0.208. The van der Waals surface area contributed by atoms with Crippen molar-refractivity contribution in [1.82, 2.24) is 9.13 Å². The predicted octanol–water partition coefficient (Wildman–Crippen LogP) is 2.69. The summed E-state index contributed by atoms with van der Waals surface area (Å²) in [5, 5.41) is 4.52. The summed E-state index contributed by atoms with van der Waals surface area (Å²) in [6.07, 6.45) is 0. The molecule has 0 spiro atoms. The molecule has 0 aliphatic carbocycles. The number of benzene rings is 2. The summed E-state index contributed by atoms with van der Waals surface area (Å²) in [5.41, 5.74) is 0.742. The molecule has 0 bridgehead atoms. The molecule has 3 heterocycles. The molecule has 0 fully saturated rings. The van der Waals surface area contributed by atoms with E-state index in [-0.39, 0.29) is 18.6 Å². The molecular formula is C24H21N3O6S. The molecule has 1 aliphatic heterocycles. The van der Waals surface area contributed by atoms with E-state index in [1.807, 2.05) is 6.07 Å². The number of fused-ring (bicyclic) bond motifs is 2. The number of aromatic nitrogens is 2. The Balaban J connectivity index is 1.46. The van der Waals surface area contributed by atoms with E-state index in [1.165, 1.54) is 15.9 Å². The molecule has 5 rings (SSSR count). The van der Waals surface area contributed by atoms with Gasteiger partial charge in [0.2, 0.25) is 5.91 Å². The van der Waals surface area contributed by atoms with Crippen LogP contribution >= 0.6 is 11.3 Å². The molecule has 174 valence electrons. The number of nitrogens with one attached hydrogen (secondary N) is 1. The first-order valence-corrected chi connectivity index (χ1v) is 11.4. The summed E-state index contributed by atoms with van der Waals surface area (Å²) < 4.78 is 19.2. The number of methoxy groups -OCH3 is 1. The number of ether oxygens (including phenoxy) is 3. The molecule has 1 N–H and O–H groups in total. The Morgan fingerprint density at radius 3 is 2.71 bits per heavy atom. The number of thiophene rings is 1. The number of hydrogen-bond acceptors (Lipinski definition) is 7. The summed E-state index contributed by atoms with van der Waals surface area (Å²) in [6, 6.07) is 13.9. The zero-order chi connectivity index (χ0) is 23.7. The Hall–Kier alpha value is -4.05. The van der Waals surface area contributed by atoms with Gasteiger partial charge in [0.05, 0.1) is 19.2 Å². The third-order valence-electron chi connectivity index (χ3n) is 5.44. The van der Waals surface area contributed by atoms with Crippen LogP contribution in [0.15, 0.2) is 63.5 Å². The molecular weight excluding hydrogens is 458 g/mol. The fourth-order valence-electron chi connectivity index (χ4n) is 3.84. The highest BCUT2D eigenvalue weighted by atomic mass is 32.1. The topological polar surface area (TPSA) is 101 Å². The highest BCUT2D eigenvalue weighted by Crippen LogP contribution is 2.32. The van der Waals surface area contributed by atoms with E-state index < -0.39 is 11.6 Å². The van der Waals surface area contributed by atoms with E-state index in [0.717, 1.165) is 10.1 Å². The van der Waals surface area contributed by atoms with Gasteiger partial charge in [0, 0.05) is 11.8 Å². The van der Waals surface area contributed by atoms with Crippen LogP contribution in [0.25, 0.3) is 10.2 Å². The average molecular weight is 480 g/mol. The van der Waals surface area contributed by atoms with Gasteiger partial charge in [-0.1, -0.05) is 12.1 Å². The molecule has 0 saturated carbocycles. The smallest absolute Gasteiger partial charge is 0.332 e. The first kappa shape index (κ1) is 21.8. The van der Waals surface area contributed by atoms with Crippen molar-refractivity contribution in [3.8, 4) is 17.2 Å². The minimum atomic E-state index is -0.559. The Kier molecular flexibility index (Phi) is 5.81. The molecule has 34 heavy (non-hydrogen) atoms. The number of nitrogens with zero attached hydrogens (tertiary/aromatic N) is 2. The van der Waals surface area contributed by atoms with Gasteiger partial charge in [0.15, 0.2) is 11.5 Å². The summed E-state index contributed by atoms with van der Waals surface area (Å²) >= 11 is 1.24. The van der Waals surface area contributed by atoms with Gasteiger partial charge in [-0.2, -0.15) is 0 Å². The van der Waals surface area contributed by atoms with E-state index in [2.05, 4.69) is 5.32 Å². The molecule has 0 radical (unpaired) electrons. The number of rotatable bonds is 6. The second kappa shape index (κ2) is 9.06. The summed E-state index contributed by atoms with van der Waals surface area (Å²) in [7, 11) is 1.55. The maximum Gasteiger partial charge on any atom is 0.332 e. The third-order valence-corrected chi connectivity index (χ3v) is 6.33. The van der Waals surface area contributed by atoms with Crippen molar-refractivity contribution >= 4 is 33.1 Å². The highest BCUT2D eigenvalue weighted by molar-refractivity contribution is 7.17. The number of amides is 1. The third kappa shape index (κ3) is 4.15. The number of anilines is 1. The quantitative estimate of drug-likeness (QED) is 0.456. The Labute approximate surface area is 197 Å². The van der Waals surface area contributed by atoms with Crippen LogP contribution in [0.4, 0.5) is 5.69 Å². The van der Waals surface area contributed by atoms with Gasteiger partial charge >= 0.3 is 5.69 Å². The standard InChI is InChI=1S/C24H21N3O6S/c1-31-17-4-2-3-15(11-17)13-27-23(29)22-18(7-10-34-22)26(24(27)30)14-21(28)25-16-5-6-19-20(12-16)33-9-8-32-19/h2-7,10-12H,8-9,13-14H2,1H3,(H,25,28). The Morgan fingerprint density at radius 2 is 1.88 bits per heavy atom. The van der Waals surface area contributed by atoms with Crippen LogP contribution in [0.1, 0.15) is 5.56 Å². The lowest BCUT2D eigenvalue weighted by Gasteiger charge is -2.19. The zero-order valence-electron chi connectivity index (χ0n) is 18.3. The lowest BCUT2D eigenvalue weighted by Crippen LogP contribution is -2.41. The van der Waals surface area contributed by atoms with Gasteiger partial charge in [-0.05, 0) is 41.3 Å². The molecule has 1 amide bonds. The van der Waals surface area contributed by atoms with E-state index in [1.54, 1.807) is 55.0 Å².